The van der Waals surface area contributed by atoms with Crippen molar-refractivity contribution in [2.24, 2.45) is 10.2 Å². The minimum absolute atomic E-state index is 0.238. The van der Waals surface area contributed by atoms with Gasteiger partial charge in [0.2, 0.25) is 6.04 Å². The molecule has 1 atom stereocenters. The monoisotopic (exact) mass is 497 g/mol. The molecule has 33 heavy (non-hydrogen) atoms. The number of methoxy groups -OCH3 is 2. The first kappa shape index (κ1) is 26.2. The lowest BCUT2D eigenvalue weighted by Gasteiger charge is -2.18. The molecule has 0 aliphatic rings. The molecule has 11 heteroatoms. The number of halogens is 2. The van der Waals surface area contributed by atoms with E-state index in [1.807, 2.05) is 13.8 Å². The van der Waals surface area contributed by atoms with Crippen LogP contribution in [0.4, 0.5) is 11.4 Å². The highest BCUT2D eigenvalue weighted by Gasteiger charge is 2.29. The number of carbonyl (C=O) groups excluding carboxylic acids is 2. The fraction of sp³-hybridized carbons (Fsp3) is 0.364. The molecular formula is C22H25Cl2N3O6. The molecule has 0 aliphatic heterocycles. The lowest BCUT2D eigenvalue weighted by atomic mass is 10.2. The maximum absolute atomic E-state index is 12.9. The predicted molar refractivity (Wildman–Crippen MR) is 126 cm³/mol. The summed E-state index contributed by atoms with van der Waals surface area (Å²) in [5, 5.41) is 8.21. The molecule has 0 fully saturated rings. The Morgan fingerprint density at radius 2 is 1.61 bits per heavy atom. The average Bonchev–Trinajstić information content (AvgIpc) is 2.80. The van der Waals surface area contributed by atoms with Gasteiger partial charge in [-0.3, -0.25) is 9.59 Å². The fourth-order valence-electron chi connectivity index (χ4n) is 2.73. The molecule has 0 saturated carbocycles. The third-order valence-electron chi connectivity index (χ3n) is 4.25. The SMILES string of the molecule is CCOc1cc(N=NC(C(C)=O)C(=O)N(Cl)c2cc(OC)cc(OC)c2)cc(Cl)c1OCC. The summed E-state index contributed by atoms with van der Waals surface area (Å²) in [5.74, 6) is 0.219. The number of carbonyl (C=O) groups is 2. The summed E-state index contributed by atoms with van der Waals surface area (Å²) < 4.78 is 22.2. The molecule has 0 aliphatic carbocycles. The summed E-state index contributed by atoms with van der Waals surface area (Å²) in [4.78, 5) is 25.1. The van der Waals surface area contributed by atoms with Gasteiger partial charge < -0.3 is 18.9 Å². The number of ketones is 1. The van der Waals surface area contributed by atoms with E-state index in [0.29, 0.717) is 36.2 Å². The van der Waals surface area contributed by atoms with Gasteiger partial charge in [0.15, 0.2) is 17.3 Å². The van der Waals surface area contributed by atoms with Gasteiger partial charge in [-0.05, 0) is 26.8 Å². The molecule has 0 heterocycles. The van der Waals surface area contributed by atoms with Crippen LogP contribution in [0, 0.1) is 0 Å². The number of benzene rings is 2. The molecule has 2 aromatic rings. The largest absolute Gasteiger partial charge is 0.497 e. The summed E-state index contributed by atoms with van der Waals surface area (Å²) in [5.41, 5.74) is 0.511. The number of hydrogen-bond acceptors (Lipinski definition) is 8. The van der Waals surface area contributed by atoms with E-state index in [0.717, 1.165) is 4.42 Å². The second-order valence-corrected chi connectivity index (χ2v) is 7.28. The van der Waals surface area contributed by atoms with Gasteiger partial charge >= 0.3 is 0 Å². The Bertz CT molecular complexity index is 1010. The first-order valence-electron chi connectivity index (χ1n) is 9.98. The van der Waals surface area contributed by atoms with E-state index < -0.39 is 17.7 Å². The van der Waals surface area contributed by atoms with Gasteiger partial charge in [0, 0.05) is 36.0 Å². The van der Waals surface area contributed by atoms with Crippen molar-refractivity contribution in [2.75, 3.05) is 31.9 Å². The van der Waals surface area contributed by atoms with Crippen LogP contribution >= 0.6 is 23.4 Å². The van der Waals surface area contributed by atoms with E-state index in [1.165, 1.54) is 39.3 Å². The molecule has 9 nitrogen and oxygen atoms in total. The molecule has 178 valence electrons. The van der Waals surface area contributed by atoms with Crippen molar-refractivity contribution in [3.8, 4) is 23.0 Å². The van der Waals surface area contributed by atoms with E-state index in [4.69, 9.17) is 42.3 Å². The van der Waals surface area contributed by atoms with Crippen molar-refractivity contribution in [3.05, 3.63) is 35.4 Å². The molecular weight excluding hydrogens is 473 g/mol. The van der Waals surface area contributed by atoms with Gasteiger partial charge in [-0.15, -0.1) is 0 Å². The second-order valence-electron chi connectivity index (χ2n) is 6.54. The van der Waals surface area contributed by atoms with E-state index >= 15 is 0 Å². The third-order valence-corrected chi connectivity index (χ3v) is 4.89. The zero-order valence-corrected chi connectivity index (χ0v) is 20.4. The molecule has 0 bridgehead atoms. The smallest absolute Gasteiger partial charge is 0.276 e. The van der Waals surface area contributed by atoms with Gasteiger partial charge in [0.1, 0.15) is 11.5 Å². The summed E-state index contributed by atoms with van der Waals surface area (Å²) in [6.45, 7) is 5.61. The number of hydrogen-bond donors (Lipinski definition) is 0. The first-order chi connectivity index (χ1) is 15.7. The Morgan fingerprint density at radius 3 is 2.12 bits per heavy atom. The normalized spacial score (nSPS) is 11.7. The summed E-state index contributed by atoms with van der Waals surface area (Å²) in [6, 6.07) is 6.21. The number of azo groups is 1. The van der Waals surface area contributed by atoms with E-state index in [1.54, 1.807) is 12.1 Å². The average molecular weight is 498 g/mol. The first-order valence-corrected chi connectivity index (χ1v) is 10.7. The number of nitrogens with zero attached hydrogens (tertiary/aromatic N) is 3. The van der Waals surface area contributed by atoms with Gasteiger partial charge in [0.05, 0.1) is 43.8 Å². The van der Waals surface area contributed by atoms with Crippen LogP contribution in [0.25, 0.3) is 0 Å². The zero-order valence-electron chi connectivity index (χ0n) is 18.9. The molecule has 2 aromatic carbocycles. The number of Topliss-reactive ketones (excluding diaryl/α,β-unsaturated/α-hetero) is 1. The lowest BCUT2D eigenvalue weighted by molar-refractivity contribution is -0.126. The van der Waals surface area contributed by atoms with Crippen molar-refractivity contribution < 1.29 is 28.5 Å². The summed E-state index contributed by atoms with van der Waals surface area (Å²) in [7, 11) is 2.92. The maximum atomic E-state index is 12.9. The van der Waals surface area contributed by atoms with E-state index in [-0.39, 0.29) is 16.4 Å². The molecule has 0 saturated heterocycles. The number of amides is 1. The van der Waals surface area contributed by atoms with Crippen LogP contribution in [0.5, 0.6) is 23.0 Å². The van der Waals surface area contributed by atoms with Crippen LogP contribution in [-0.2, 0) is 9.59 Å². The second kappa shape index (κ2) is 12.3. The summed E-state index contributed by atoms with van der Waals surface area (Å²) >= 11 is 12.5. The van der Waals surface area contributed by atoms with Gasteiger partial charge in [-0.2, -0.15) is 10.2 Å². The number of ether oxygens (including phenoxy) is 4. The fourth-order valence-corrected chi connectivity index (χ4v) is 3.18. The molecule has 0 aromatic heterocycles. The quantitative estimate of drug-likeness (QED) is 0.234. The standard InChI is InChI=1S/C22H25Cl2N3O6/c1-6-32-19-9-14(8-18(23)21(19)33-7-2)25-26-20(13(3)28)22(29)27(24)15-10-16(30-4)12-17(11-15)31-5/h8-12,20H,6-7H2,1-5H3. The highest BCUT2D eigenvalue weighted by molar-refractivity contribution is 6.39. The number of anilines is 1. The Morgan fingerprint density at radius 1 is 1.00 bits per heavy atom. The minimum atomic E-state index is -1.49. The van der Waals surface area contributed by atoms with Crippen molar-refractivity contribution in [2.45, 2.75) is 26.8 Å². The van der Waals surface area contributed by atoms with Gasteiger partial charge in [-0.25, -0.2) is 4.42 Å². The Balaban J connectivity index is 2.36. The van der Waals surface area contributed by atoms with Crippen LogP contribution in [0.2, 0.25) is 5.02 Å². The van der Waals surface area contributed by atoms with Crippen LogP contribution < -0.4 is 23.4 Å². The van der Waals surface area contributed by atoms with E-state index in [9.17, 15) is 9.59 Å². The van der Waals surface area contributed by atoms with Crippen LogP contribution in [-0.4, -0.2) is 45.2 Å². The Labute approximate surface area is 202 Å². The number of rotatable bonds is 11. The third kappa shape index (κ3) is 6.72. The van der Waals surface area contributed by atoms with Crippen molar-refractivity contribution >= 4 is 46.4 Å². The molecule has 2 rings (SSSR count). The topological polar surface area (TPSA) is 99.0 Å². The van der Waals surface area contributed by atoms with Crippen molar-refractivity contribution in [3.63, 3.8) is 0 Å². The Kier molecular flexibility index (Phi) is 9.74. The lowest BCUT2D eigenvalue weighted by Crippen LogP contribution is -2.36. The van der Waals surface area contributed by atoms with Crippen LogP contribution in [0.15, 0.2) is 40.6 Å². The highest BCUT2D eigenvalue weighted by Crippen LogP contribution is 2.39. The highest BCUT2D eigenvalue weighted by atomic mass is 35.5. The van der Waals surface area contributed by atoms with Crippen molar-refractivity contribution in [1.82, 2.24) is 0 Å². The minimum Gasteiger partial charge on any atom is -0.497 e. The van der Waals surface area contributed by atoms with Gasteiger partial charge in [0.25, 0.3) is 5.91 Å². The summed E-state index contributed by atoms with van der Waals surface area (Å²) in [6.07, 6.45) is 0. The maximum Gasteiger partial charge on any atom is 0.276 e. The molecule has 1 unspecified atom stereocenters. The van der Waals surface area contributed by atoms with Crippen LogP contribution in [0.3, 0.4) is 0 Å². The van der Waals surface area contributed by atoms with E-state index in [2.05, 4.69) is 10.2 Å². The molecule has 1 amide bonds. The molecule has 0 N–H and O–H groups in total. The van der Waals surface area contributed by atoms with Gasteiger partial charge in [-0.1, -0.05) is 11.6 Å². The predicted octanol–water partition coefficient (Wildman–Crippen LogP) is 5.38. The molecule has 0 spiro atoms. The Hall–Kier alpha value is -3.04. The van der Waals surface area contributed by atoms with Crippen molar-refractivity contribution in [1.29, 1.82) is 0 Å². The zero-order chi connectivity index (χ0) is 24.5. The van der Waals surface area contributed by atoms with Crippen LogP contribution in [0.1, 0.15) is 20.8 Å². The molecule has 0 radical (unpaired) electrons.